The molecule has 0 atom stereocenters. The highest BCUT2D eigenvalue weighted by atomic mass is 35.5. The molecule has 1 aromatic carbocycles. The fraction of sp³-hybridized carbons (Fsp3) is 0.200. The first-order valence-corrected chi connectivity index (χ1v) is 7.05. The summed E-state index contributed by atoms with van der Waals surface area (Å²) in [5.74, 6) is 0. The van der Waals surface area contributed by atoms with E-state index in [-0.39, 0.29) is 0 Å². The van der Waals surface area contributed by atoms with Crippen molar-refractivity contribution in [2.24, 2.45) is 0 Å². The van der Waals surface area contributed by atoms with Gasteiger partial charge in [0.25, 0.3) is 0 Å². The molecule has 0 amide bonds. The van der Waals surface area contributed by atoms with Crippen molar-refractivity contribution in [1.29, 1.82) is 0 Å². The lowest BCUT2D eigenvalue weighted by Gasteiger charge is -2.17. The van der Waals surface area contributed by atoms with Crippen molar-refractivity contribution in [2.45, 2.75) is 13.0 Å². The Hall–Kier alpha value is -1.95. The van der Waals surface area contributed by atoms with E-state index >= 15 is 0 Å². The van der Waals surface area contributed by atoms with Gasteiger partial charge in [0.2, 0.25) is 0 Å². The minimum absolute atomic E-state index is 0.819. The van der Waals surface area contributed by atoms with Crippen molar-refractivity contribution in [3.63, 3.8) is 0 Å². The minimum atomic E-state index is 0.819. The zero-order valence-corrected chi connectivity index (χ0v) is 12.1. The molecule has 0 saturated heterocycles. The van der Waals surface area contributed by atoms with Gasteiger partial charge < -0.3 is 5.32 Å². The van der Waals surface area contributed by atoms with Gasteiger partial charge in [0.15, 0.2) is 5.65 Å². The van der Waals surface area contributed by atoms with Gasteiger partial charge in [-0.1, -0.05) is 30.3 Å². The van der Waals surface area contributed by atoms with Crippen LogP contribution in [-0.2, 0) is 13.0 Å². The molecule has 3 N–H and O–H groups in total. The van der Waals surface area contributed by atoms with Crippen LogP contribution in [-0.4, -0.2) is 26.4 Å². The first-order chi connectivity index (χ1) is 10.4. The molecule has 0 radical (unpaired) electrons. The van der Waals surface area contributed by atoms with Gasteiger partial charge in [0.1, 0.15) is 0 Å². The number of nitrogens with zero attached hydrogens (tertiary/aromatic N) is 2. The Morgan fingerprint density at radius 2 is 1.95 bits per heavy atom. The molecular formula is C15H15ClN4O. The lowest BCUT2D eigenvalue weighted by molar-refractivity contribution is 0.632. The van der Waals surface area contributed by atoms with Gasteiger partial charge in [-0.2, -0.15) is 5.10 Å². The summed E-state index contributed by atoms with van der Waals surface area (Å²) in [4.78, 5) is 4.46. The number of halogens is 1. The fourth-order valence-corrected chi connectivity index (χ4v) is 2.78. The quantitative estimate of drug-likeness (QED) is 0.645. The Morgan fingerprint density at radius 3 is 2.76 bits per heavy atom. The van der Waals surface area contributed by atoms with Gasteiger partial charge in [0.05, 0.1) is 22.9 Å². The molecule has 0 saturated carbocycles. The number of rotatable bonds is 1. The monoisotopic (exact) mass is 302 g/mol. The average molecular weight is 303 g/mol. The lowest BCUT2D eigenvalue weighted by atomic mass is 9.97. The van der Waals surface area contributed by atoms with Crippen LogP contribution < -0.4 is 5.32 Å². The highest BCUT2D eigenvalue weighted by molar-refractivity contribution is 6.04. The SMILES string of the molecule is OCl.c1ccc(-c2[nH]nc3ncc4c(c23)CCNC4)cc1. The largest absolute Gasteiger partial charge is 0.312 e. The van der Waals surface area contributed by atoms with Crippen LogP contribution in [0.4, 0.5) is 0 Å². The van der Waals surface area contributed by atoms with Crippen LogP contribution in [0.25, 0.3) is 22.3 Å². The van der Waals surface area contributed by atoms with Crippen molar-refractivity contribution in [3.8, 4) is 11.3 Å². The molecule has 5 nitrogen and oxygen atoms in total. The molecule has 21 heavy (non-hydrogen) atoms. The Labute approximate surface area is 127 Å². The van der Waals surface area contributed by atoms with E-state index in [1.54, 1.807) is 0 Å². The van der Waals surface area contributed by atoms with E-state index in [0.29, 0.717) is 0 Å². The van der Waals surface area contributed by atoms with Crippen LogP contribution in [0.1, 0.15) is 11.1 Å². The molecule has 3 heterocycles. The molecule has 0 aliphatic carbocycles. The maximum atomic E-state index is 6.47. The number of hydrogen-bond donors (Lipinski definition) is 3. The predicted molar refractivity (Wildman–Crippen MR) is 82.8 cm³/mol. The van der Waals surface area contributed by atoms with Crippen molar-refractivity contribution in [1.82, 2.24) is 20.5 Å². The van der Waals surface area contributed by atoms with Crippen LogP contribution >= 0.6 is 11.9 Å². The van der Waals surface area contributed by atoms with E-state index in [9.17, 15) is 0 Å². The number of fused-ring (bicyclic) bond motifs is 3. The summed E-state index contributed by atoms with van der Waals surface area (Å²) in [7, 11) is 0. The predicted octanol–water partition coefficient (Wildman–Crippen LogP) is 2.40. The second kappa shape index (κ2) is 6.22. The van der Waals surface area contributed by atoms with E-state index in [0.717, 1.165) is 30.9 Å². The van der Waals surface area contributed by atoms with E-state index in [4.69, 9.17) is 4.66 Å². The van der Waals surface area contributed by atoms with Crippen LogP contribution in [0.2, 0.25) is 0 Å². The van der Waals surface area contributed by atoms with E-state index in [2.05, 4.69) is 44.5 Å². The molecule has 0 unspecified atom stereocenters. The third kappa shape index (κ3) is 2.51. The van der Waals surface area contributed by atoms with E-state index in [1.807, 2.05) is 24.4 Å². The summed E-state index contributed by atoms with van der Waals surface area (Å²) in [5, 5.41) is 12.1. The Balaban J connectivity index is 0.000000636. The van der Waals surface area contributed by atoms with Gasteiger partial charge in [-0.3, -0.25) is 9.76 Å². The van der Waals surface area contributed by atoms with Gasteiger partial charge >= 0.3 is 0 Å². The number of hydrogen-bond acceptors (Lipinski definition) is 4. The molecule has 3 aromatic rings. The number of benzene rings is 1. The number of H-pyrrole nitrogens is 1. The van der Waals surface area contributed by atoms with E-state index < -0.39 is 0 Å². The number of aromatic amines is 1. The molecule has 1 aliphatic heterocycles. The zero-order chi connectivity index (χ0) is 14.7. The maximum absolute atomic E-state index is 6.47. The van der Waals surface area contributed by atoms with E-state index in [1.165, 1.54) is 22.1 Å². The van der Waals surface area contributed by atoms with Crippen molar-refractivity contribution in [2.75, 3.05) is 6.54 Å². The van der Waals surface area contributed by atoms with Crippen molar-refractivity contribution in [3.05, 3.63) is 47.7 Å². The summed E-state index contributed by atoms with van der Waals surface area (Å²) in [6.45, 7) is 1.92. The third-order valence-corrected chi connectivity index (χ3v) is 3.71. The molecule has 108 valence electrons. The highest BCUT2D eigenvalue weighted by Gasteiger charge is 2.18. The molecule has 2 aromatic heterocycles. The van der Waals surface area contributed by atoms with Crippen LogP contribution in [0.3, 0.4) is 0 Å². The van der Waals surface area contributed by atoms with Gasteiger partial charge in [-0.25, -0.2) is 4.98 Å². The maximum Gasteiger partial charge on any atom is 0.181 e. The lowest BCUT2D eigenvalue weighted by Crippen LogP contribution is -2.23. The molecule has 0 fully saturated rings. The van der Waals surface area contributed by atoms with Gasteiger partial charge in [0, 0.05) is 18.3 Å². The zero-order valence-electron chi connectivity index (χ0n) is 11.3. The Morgan fingerprint density at radius 1 is 1.14 bits per heavy atom. The highest BCUT2D eigenvalue weighted by Crippen LogP contribution is 2.30. The third-order valence-electron chi connectivity index (χ3n) is 3.71. The number of aromatic nitrogens is 3. The van der Waals surface area contributed by atoms with Gasteiger partial charge in [-0.05, 0) is 24.1 Å². The summed E-state index contributed by atoms with van der Waals surface area (Å²) >= 11 is 3.64. The molecular weight excluding hydrogens is 288 g/mol. The first kappa shape index (κ1) is 14.0. The summed E-state index contributed by atoms with van der Waals surface area (Å²) in [6.07, 6.45) is 2.98. The van der Waals surface area contributed by atoms with Crippen LogP contribution in [0, 0.1) is 0 Å². The Bertz CT molecular complexity index is 742. The van der Waals surface area contributed by atoms with Crippen molar-refractivity contribution < 1.29 is 4.66 Å². The molecule has 0 bridgehead atoms. The minimum Gasteiger partial charge on any atom is -0.312 e. The standard InChI is InChI=1S/C15H14N4.ClHO/c1-2-4-10(5-3-1)14-13-12-6-7-16-8-11(12)9-17-15(13)19-18-14;1-2/h1-5,9,16H,6-8H2,(H,17,18,19);2H. The average Bonchev–Trinajstić information content (AvgIpc) is 3.02. The Kier molecular flexibility index (Phi) is 4.15. The fourth-order valence-electron chi connectivity index (χ4n) is 2.78. The molecule has 1 aliphatic rings. The topological polar surface area (TPSA) is 73.8 Å². The summed E-state index contributed by atoms with van der Waals surface area (Å²) in [5.41, 5.74) is 5.74. The summed E-state index contributed by atoms with van der Waals surface area (Å²) < 4.78 is 6.47. The van der Waals surface area contributed by atoms with Crippen LogP contribution in [0.5, 0.6) is 0 Å². The second-order valence-corrected chi connectivity index (χ2v) is 4.85. The number of nitrogens with one attached hydrogen (secondary N) is 2. The second-order valence-electron chi connectivity index (χ2n) is 4.85. The van der Waals surface area contributed by atoms with Crippen molar-refractivity contribution >= 4 is 22.9 Å². The molecule has 6 heteroatoms. The van der Waals surface area contributed by atoms with Gasteiger partial charge in [-0.15, -0.1) is 0 Å². The summed E-state index contributed by atoms with van der Waals surface area (Å²) in [6, 6.07) is 10.3. The van der Waals surface area contributed by atoms with Crippen LogP contribution in [0.15, 0.2) is 36.5 Å². The number of pyridine rings is 1. The molecule has 4 rings (SSSR count). The molecule has 0 spiro atoms. The first-order valence-electron chi connectivity index (χ1n) is 6.71. The normalized spacial score (nSPS) is 13.4. The smallest absolute Gasteiger partial charge is 0.181 e.